The molecule has 2 rings (SSSR count). The molecule has 0 saturated carbocycles. The van der Waals surface area contributed by atoms with Gasteiger partial charge < -0.3 is 19.8 Å². The molecule has 0 aromatic carbocycles. The predicted molar refractivity (Wildman–Crippen MR) is 85.5 cm³/mol. The molecule has 0 aliphatic heterocycles. The molecule has 0 fully saturated rings. The monoisotopic (exact) mass is 307 g/mol. The molecule has 6 heteroatoms. The predicted octanol–water partition coefficient (Wildman–Crippen LogP) is 2.61. The normalized spacial score (nSPS) is 11.6. The van der Waals surface area contributed by atoms with Crippen molar-refractivity contribution in [2.24, 2.45) is 4.99 Å². The molecule has 0 amide bonds. The summed E-state index contributed by atoms with van der Waals surface area (Å²) in [5, 5.41) is 10.7. The SMILES string of the molecule is CN=C(NCCCOCc1ccco1)NCc1ccsc1. The molecule has 2 aromatic rings. The van der Waals surface area contributed by atoms with Crippen LogP contribution in [0.1, 0.15) is 17.7 Å². The van der Waals surface area contributed by atoms with Gasteiger partial charge in [0.1, 0.15) is 12.4 Å². The van der Waals surface area contributed by atoms with Crippen LogP contribution >= 0.6 is 11.3 Å². The Bertz CT molecular complexity index is 509. The van der Waals surface area contributed by atoms with Gasteiger partial charge in [-0.2, -0.15) is 11.3 Å². The Balaban J connectivity index is 1.52. The summed E-state index contributed by atoms with van der Waals surface area (Å²) in [5.41, 5.74) is 1.27. The van der Waals surface area contributed by atoms with Crippen LogP contribution < -0.4 is 10.6 Å². The highest BCUT2D eigenvalue weighted by molar-refractivity contribution is 7.07. The Labute approximate surface area is 129 Å². The van der Waals surface area contributed by atoms with E-state index in [0.29, 0.717) is 13.2 Å². The first kappa shape index (κ1) is 15.6. The Hall–Kier alpha value is -1.79. The van der Waals surface area contributed by atoms with Gasteiger partial charge in [-0.25, -0.2) is 0 Å². The molecule has 0 aliphatic carbocycles. The second-order valence-corrected chi connectivity index (χ2v) is 5.25. The molecule has 114 valence electrons. The Morgan fingerprint density at radius 3 is 3.05 bits per heavy atom. The Morgan fingerprint density at radius 1 is 1.38 bits per heavy atom. The standard InChI is InChI=1S/C15H21N3O2S/c1-16-15(18-10-13-5-9-21-12-13)17-6-3-7-19-11-14-4-2-8-20-14/h2,4-5,8-9,12H,3,6-7,10-11H2,1H3,(H2,16,17,18). The van der Waals surface area contributed by atoms with Crippen LogP contribution in [0.3, 0.4) is 0 Å². The van der Waals surface area contributed by atoms with Gasteiger partial charge in [-0.3, -0.25) is 4.99 Å². The van der Waals surface area contributed by atoms with Crippen molar-refractivity contribution < 1.29 is 9.15 Å². The maximum atomic E-state index is 5.52. The summed E-state index contributed by atoms with van der Waals surface area (Å²) >= 11 is 1.70. The van der Waals surface area contributed by atoms with Gasteiger partial charge >= 0.3 is 0 Å². The maximum Gasteiger partial charge on any atom is 0.191 e. The lowest BCUT2D eigenvalue weighted by Gasteiger charge is -2.11. The van der Waals surface area contributed by atoms with Crippen molar-refractivity contribution in [3.05, 3.63) is 46.5 Å². The highest BCUT2D eigenvalue weighted by Gasteiger charge is 1.99. The number of thiophene rings is 1. The van der Waals surface area contributed by atoms with E-state index in [9.17, 15) is 0 Å². The number of furan rings is 1. The van der Waals surface area contributed by atoms with Gasteiger partial charge in [-0.15, -0.1) is 0 Å². The first-order valence-corrected chi connectivity index (χ1v) is 7.88. The molecule has 2 heterocycles. The molecule has 0 atom stereocenters. The van der Waals surface area contributed by atoms with Crippen LogP contribution in [0, 0.1) is 0 Å². The van der Waals surface area contributed by atoms with Crippen LogP contribution in [-0.4, -0.2) is 26.2 Å². The third-order valence-electron chi connectivity index (χ3n) is 2.85. The summed E-state index contributed by atoms with van der Waals surface area (Å²) in [6.07, 6.45) is 2.57. The second-order valence-electron chi connectivity index (χ2n) is 4.47. The third-order valence-corrected chi connectivity index (χ3v) is 3.58. The zero-order chi connectivity index (χ0) is 14.8. The van der Waals surface area contributed by atoms with E-state index < -0.39 is 0 Å². The smallest absolute Gasteiger partial charge is 0.191 e. The van der Waals surface area contributed by atoms with Crippen LogP contribution in [0.15, 0.2) is 44.6 Å². The van der Waals surface area contributed by atoms with E-state index in [2.05, 4.69) is 32.5 Å². The van der Waals surface area contributed by atoms with Gasteiger partial charge in [0.15, 0.2) is 5.96 Å². The van der Waals surface area contributed by atoms with E-state index in [1.807, 2.05) is 12.1 Å². The van der Waals surface area contributed by atoms with Crippen LogP contribution in [-0.2, 0) is 17.9 Å². The van der Waals surface area contributed by atoms with E-state index in [1.54, 1.807) is 24.6 Å². The van der Waals surface area contributed by atoms with E-state index in [0.717, 1.165) is 31.2 Å². The minimum absolute atomic E-state index is 0.526. The van der Waals surface area contributed by atoms with Gasteiger partial charge in [-0.1, -0.05) is 0 Å². The van der Waals surface area contributed by atoms with Crippen LogP contribution in [0.2, 0.25) is 0 Å². The van der Waals surface area contributed by atoms with Crippen molar-refractivity contribution >= 4 is 17.3 Å². The molecule has 0 unspecified atom stereocenters. The molecule has 0 spiro atoms. The number of hydrogen-bond acceptors (Lipinski definition) is 4. The molecule has 2 aromatic heterocycles. The van der Waals surface area contributed by atoms with Gasteiger partial charge in [0.2, 0.25) is 0 Å². The summed E-state index contributed by atoms with van der Waals surface area (Å²) in [7, 11) is 1.77. The highest BCUT2D eigenvalue weighted by atomic mass is 32.1. The van der Waals surface area contributed by atoms with Crippen molar-refractivity contribution in [2.45, 2.75) is 19.6 Å². The second kappa shape index (κ2) is 9.20. The van der Waals surface area contributed by atoms with Crippen LogP contribution in [0.4, 0.5) is 0 Å². The molecule has 2 N–H and O–H groups in total. The zero-order valence-corrected chi connectivity index (χ0v) is 13.0. The first-order valence-electron chi connectivity index (χ1n) is 6.94. The van der Waals surface area contributed by atoms with E-state index in [-0.39, 0.29) is 0 Å². The lowest BCUT2D eigenvalue weighted by atomic mass is 10.3. The fourth-order valence-corrected chi connectivity index (χ4v) is 2.42. The highest BCUT2D eigenvalue weighted by Crippen LogP contribution is 2.04. The van der Waals surface area contributed by atoms with Crippen molar-refractivity contribution in [3.8, 4) is 0 Å². The molecular formula is C15H21N3O2S. The van der Waals surface area contributed by atoms with Gasteiger partial charge in [0.05, 0.1) is 6.26 Å². The lowest BCUT2D eigenvalue weighted by Crippen LogP contribution is -2.37. The fraction of sp³-hybridized carbons (Fsp3) is 0.400. The molecule has 0 bridgehead atoms. The molecule has 0 aliphatic rings. The first-order chi connectivity index (χ1) is 10.4. The number of rotatable bonds is 8. The topological polar surface area (TPSA) is 58.8 Å². The van der Waals surface area contributed by atoms with Gasteiger partial charge in [0, 0.05) is 26.7 Å². The molecule has 5 nitrogen and oxygen atoms in total. The average molecular weight is 307 g/mol. The number of hydrogen-bond donors (Lipinski definition) is 2. The molecule has 0 radical (unpaired) electrons. The third kappa shape index (κ3) is 6.01. The Kier molecular flexibility index (Phi) is 6.83. The fourth-order valence-electron chi connectivity index (χ4n) is 1.75. The summed E-state index contributed by atoms with van der Waals surface area (Å²) in [6, 6.07) is 5.88. The molecular weight excluding hydrogens is 286 g/mol. The number of guanidine groups is 1. The summed E-state index contributed by atoms with van der Waals surface area (Å²) < 4.78 is 10.7. The van der Waals surface area contributed by atoms with Crippen LogP contribution in [0.5, 0.6) is 0 Å². The Morgan fingerprint density at radius 2 is 2.33 bits per heavy atom. The summed E-state index contributed by atoms with van der Waals surface area (Å²) in [6.45, 7) is 2.83. The summed E-state index contributed by atoms with van der Waals surface area (Å²) in [4.78, 5) is 4.19. The zero-order valence-electron chi connectivity index (χ0n) is 12.2. The van der Waals surface area contributed by atoms with Crippen LogP contribution in [0.25, 0.3) is 0 Å². The number of aliphatic imine (C=N–C) groups is 1. The van der Waals surface area contributed by atoms with E-state index in [4.69, 9.17) is 9.15 Å². The van der Waals surface area contributed by atoms with E-state index >= 15 is 0 Å². The minimum atomic E-state index is 0.526. The lowest BCUT2D eigenvalue weighted by molar-refractivity contribution is 0.105. The number of nitrogens with zero attached hydrogens (tertiary/aromatic N) is 1. The largest absolute Gasteiger partial charge is 0.467 e. The quantitative estimate of drug-likeness (QED) is 0.447. The van der Waals surface area contributed by atoms with Crippen molar-refractivity contribution in [3.63, 3.8) is 0 Å². The average Bonchev–Trinajstić information content (AvgIpc) is 3.19. The van der Waals surface area contributed by atoms with Crippen molar-refractivity contribution in [2.75, 3.05) is 20.2 Å². The maximum absolute atomic E-state index is 5.52. The molecule has 0 saturated heterocycles. The van der Waals surface area contributed by atoms with Crippen molar-refractivity contribution in [1.29, 1.82) is 0 Å². The van der Waals surface area contributed by atoms with Crippen molar-refractivity contribution in [1.82, 2.24) is 10.6 Å². The van der Waals surface area contributed by atoms with Gasteiger partial charge in [0.25, 0.3) is 0 Å². The minimum Gasteiger partial charge on any atom is -0.467 e. The van der Waals surface area contributed by atoms with E-state index in [1.165, 1.54) is 5.56 Å². The molecule has 21 heavy (non-hydrogen) atoms. The number of ether oxygens (including phenoxy) is 1. The summed E-state index contributed by atoms with van der Waals surface area (Å²) in [5.74, 6) is 1.67. The number of nitrogens with one attached hydrogen (secondary N) is 2. The van der Waals surface area contributed by atoms with Gasteiger partial charge in [-0.05, 0) is 40.9 Å².